The summed E-state index contributed by atoms with van der Waals surface area (Å²) in [6.07, 6.45) is 6.17. The van der Waals surface area contributed by atoms with Crippen molar-refractivity contribution in [3.05, 3.63) is 64.7 Å². The van der Waals surface area contributed by atoms with E-state index < -0.39 is 0 Å². The lowest BCUT2D eigenvalue weighted by Crippen LogP contribution is -2.39. The molecule has 0 amide bonds. The number of benzene rings is 2. The highest BCUT2D eigenvalue weighted by Crippen LogP contribution is 2.49. The van der Waals surface area contributed by atoms with Gasteiger partial charge < -0.3 is 4.90 Å². The van der Waals surface area contributed by atoms with Crippen molar-refractivity contribution in [2.45, 2.75) is 58.8 Å². The minimum absolute atomic E-state index is 0.378. The molecule has 0 radical (unpaired) electrons. The van der Waals surface area contributed by atoms with Gasteiger partial charge in [-0.05, 0) is 59.3 Å². The molecule has 0 aliphatic carbocycles. The summed E-state index contributed by atoms with van der Waals surface area (Å²) in [5.74, 6) is 0.691. The molecule has 0 bridgehead atoms. The van der Waals surface area contributed by atoms with Crippen molar-refractivity contribution in [3.63, 3.8) is 0 Å². The van der Waals surface area contributed by atoms with Gasteiger partial charge in [0, 0.05) is 18.8 Å². The van der Waals surface area contributed by atoms with Crippen molar-refractivity contribution in [1.82, 2.24) is 0 Å². The Kier molecular flexibility index (Phi) is 4.35. The maximum Gasteiger partial charge on any atom is 0.0434 e. The van der Waals surface area contributed by atoms with Crippen molar-refractivity contribution in [2.75, 3.05) is 18.0 Å². The molecule has 1 nitrogen and oxygen atoms in total. The highest BCUT2D eigenvalue weighted by Gasteiger charge is 2.37. The highest BCUT2D eigenvalue weighted by molar-refractivity contribution is 5.66. The van der Waals surface area contributed by atoms with Crippen molar-refractivity contribution in [2.24, 2.45) is 5.41 Å². The van der Waals surface area contributed by atoms with Gasteiger partial charge in [0.2, 0.25) is 0 Å². The van der Waals surface area contributed by atoms with E-state index >= 15 is 0 Å². The van der Waals surface area contributed by atoms with Crippen LogP contribution in [-0.2, 0) is 12.8 Å². The second-order valence-electron chi connectivity index (χ2n) is 8.63. The Morgan fingerprint density at radius 3 is 2.60 bits per heavy atom. The molecule has 4 rings (SSSR count). The lowest BCUT2D eigenvalue weighted by molar-refractivity contribution is 0.255. The van der Waals surface area contributed by atoms with Crippen molar-refractivity contribution < 1.29 is 0 Å². The smallest absolute Gasteiger partial charge is 0.0434 e. The molecule has 2 aromatic rings. The highest BCUT2D eigenvalue weighted by atomic mass is 15.1. The zero-order chi connectivity index (χ0) is 17.4. The Bertz CT molecular complexity index is 744. The van der Waals surface area contributed by atoms with Crippen LogP contribution in [0.3, 0.4) is 0 Å². The Hall–Kier alpha value is -1.76. The molecule has 2 aliphatic heterocycles. The van der Waals surface area contributed by atoms with Crippen LogP contribution in [0.5, 0.6) is 0 Å². The third kappa shape index (κ3) is 3.10. The van der Waals surface area contributed by atoms with Crippen LogP contribution in [0.25, 0.3) is 0 Å². The summed E-state index contributed by atoms with van der Waals surface area (Å²) in [5, 5.41) is 0. The molecule has 1 heteroatoms. The first kappa shape index (κ1) is 16.7. The molecule has 1 unspecified atom stereocenters. The first-order valence-corrected chi connectivity index (χ1v) is 10.0. The number of rotatable bonds is 4. The fourth-order valence-electron chi connectivity index (χ4n) is 4.86. The Morgan fingerprint density at radius 2 is 1.84 bits per heavy atom. The van der Waals surface area contributed by atoms with E-state index in [9.17, 15) is 0 Å². The second kappa shape index (κ2) is 6.52. The molecule has 0 aromatic heterocycles. The van der Waals surface area contributed by atoms with E-state index in [0.717, 1.165) is 6.42 Å². The Balaban J connectivity index is 1.78. The standard InChI is InChI=1S/C24H31N/c1-4-24(2,3)22-12-14-25-13-8-11-20-16-19(17-21(22)23(20)25)15-18-9-6-5-7-10-18/h5-7,9-10,16-17,22H,4,8,11-15H2,1-3H3. The summed E-state index contributed by atoms with van der Waals surface area (Å²) < 4.78 is 0. The van der Waals surface area contributed by atoms with Crippen LogP contribution in [0.1, 0.15) is 68.2 Å². The van der Waals surface area contributed by atoms with E-state index in [4.69, 9.17) is 0 Å². The van der Waals surface area contributed by atoms with Crippen molar-refractivity contribution in [1.29, 1.82) is 0 Å². The Morgan fingerprint density at radius 1 is 1.04 bits per heavy atom. The molecule has 0 saturated heterocycles. The summed E-state index contributed by atoms with van der Waals surface area (Å²) in [6.45, 7) is 9.77. The monoisotopic (exact) mass is 333 g/mol. The zero-order valence-corrected chi connectivity index (χ0v) is 16.0. The van der Waals surface area contributed by atoms with Crippen LogP contribution in [0.2, 0.25) is 0 Å². The van der Waals surface area contributed by atoms with Crippen LogP contribution < -0.4 is 4.90 Å². The predicted molar refractivity (Wildman–Crippen MR) is 108 cm³/mol. The molecular formula is C24H31N. The Labute approximate surface area is 153 Å². The molecule has 0 fully saturated rings. The number of hydrogen-bond donors (Lipinski definition) is 0. The van der Waals surface area contributed by atoms with Gasteiger partial charge >= 0.3 is 0 Å². The fourth-order valence-corrected chi connectivity index (χ4v) is 4.86. The summed E-state index contributed by atoms with van der Waals surface area (Å²) in [7, 11) is 0. The van der Waals surface area contributed by atoms with E-state index in [1.165, 1.54) is 49.9 Å². The molecule has 0 N–H and O–H groups in total. The lowest BCUT2D eigenvalue weighted by Gasteiger charge is -2.45. The predicted octanol–water partition coefficient (Wildman–Crippen LogP) is 5.95. The summed E-state index contributed by atoms with van der Waals surface area (Å²) in [4.78, 5) is 2.67. The molecular weight excluding hydrogens is 302 g/mol. The van der Waals surface area contributed by atoms with E-state index in [2.05, 4.69) is 68.1 Å². The van der Waals surface area contributed by atoms with Crippen LogP contribution in [0, 0.1) is 5.41 Å². The van der Waals surface area contributed by atoms with Gasteiger partial charge in [-0.3, -0.25) is 0 Å². The van der Waals surface area contributed by atoms with E-state index in [-0.39, 0.29) is 0 Å². The molecule has 2 heterocycles. The van der Waals surface area contributed by atoms with Gasteiger partial charge in [-0.2, -0.15) is 0 Å². The molecule has 25 heavy (non-hydrogen) atoms. The van der Waals surface area contributed by atoms with Crippen molar-refractivity contribution >= 4 is 5.69 Å². The van der Waals surface area contributed by atoms with E-state index in [1.54, 1.807) is 16.8 Å². The third-order valence-corrected chi connectivity index (χ3v) is 6.64. The van der Waals surface area contributed by atoms with Gasteiger partial charge in [-0.1, -0.05) is 69.7 Å². The minimum Gasteiger partial charge on any atom is -0.371 e. The maximum absolute atomic E-state index is 2.67. The SMILES string of the molecule is CCC(C)(C)C1CCN2CCCc3cc(Cc4ccccc4)cc1c32. The van der Waals surface area contributed by atoms with Crippen LogP contribution in [0.15, 0.2) is 42.5 Å². The van der Waals surface area contributed by atoms with Crippen LogP contribution in [0.4, 0.5) is 5.69 Å². The third-order valence-electron chi connectivity index (χ3n) is 6.64. The first-order valence-electron chi connectivity index (χ1n) is 10.0. The largest absolute Gasteiger partial charge is 0.371 e. The summed E-state index contributed by atoms with van der Waals surface area (Å²) in [5.41, 5.74) is 8.14. The average molecular weight is 334 g/mol. The zero-order valence-electron chi connectivity index (χ0n) is 16.0. The number of hydrogen-bond acceptors (Lipinski definition) is 1. The average Bonchev–Trinajstić information content (AvgIpc) is 2.63. The minimum atomic E-state index is 0.378. The summed E-state index contributed by atoms with van der Waals surface area (Å²) in [6, 6.07) is 16.0. The number of anilines is 1. The maximum atomic E-state index is 2.67. The number of nitrogens with zero attached hydrogens (tertiary/aromatic N) is 1. The normalized spacial score (nSPS) is 19.6. The molecule has 2 aliphatic rings. The molecule has 132 valence electrons. The van der Waals surface area contributed by atoms with Gasteiger partial charge in [0.25, 0.3) is 0 Å². The van der Waals surface area contributed by atoms with Gasteiger partial charge in [0.1, 0.15) is 0 Å². The topological polar surface area (TPSA) is 3.24 Å². The van der Waals surface area contributed by atoms with Crippen LogP contribution in [-0.4, -0.2) is 13.1 Å². The quantitative estimate of drug-likeness (QED) is 0.668. The summed E-state index contributed by atoms with van der Waals surface area (Å²) >= 11 is 0. The molecule has 1 atom stereocenters. The van der Waals surface area contributed by atoms with Gasteiger partial charge in [-0.25, -0.2) is 0 Å². The fraction of sp³-hybridized carbons (Fsp3) is 0.500. The van der Waals surface area contributed by atoms with Gasteiger partial charge in [0.15, 0.2) is 0 Å². The second-order valence-corrected chi connectivity index (χ2v) is 8.63. The first-order chi connectivity index (χ1) is 12.1. The lowest BCUT2D eigenvalue weighted by atomic mass is 9.68. The van der Waals surface area contributed by atoms with Crippen molar-refractivity contribution in [3.8, 4) is 0 Å². The van der Waals surface area contributed by atoms with E-state index in [0.29, 0.717) is 11.3 Å². The molecule has 0 saturated carbocycles. The van der Waals surface area contributed by atoms with Gasteiger partial charge in [0.05, 0.1) is 0 Å². The molecule has 0 spiro atoms. The van der Waals surface area contributed by atoms with E-state index in [1.807, 2.05) is 0 Å². The van der Waals surface area contributed by atoms with Crippen LogP contribution >= 0.6 is 0 Å². The van der Waals surface area contributed by atoms with Gasteiger partial charge in [-0.15, -0.1) is 0 Å². The number of aryl methyl sites for hydroxylation is 1. The molecule has 2 aromatic carbocycles.